The summed E-state index contributed by atoms with van der Waals surface area (Å²) >= 11 is 0. The number of hydrogen-bond acceptors (Lipinski definition) is 7. The molecule has 1 fully saturated rings. The Hall–Kier alpha value is -4.07. The fourth-order valence-electron chi connectivity index (χ4n) is 3.65. The predicted molar refractivity (Wildman–Crippen MR) is 103 cm³/mol. The van der Waals surface area contributed by atoms with Crippen molar-refractivity contribution in [2.45, 2.75) is 12.6 Å². The van der Waals surface area contributed by atoms with Crippen LogP contribution in [0.1, 0.15) is 23.1 Å². The van der Waals surface area contributed by atoms with Gasteiger partial charge >= 0.3 is 0 Å². The maximum absolute atomic E-state index is 12.9. The van der Waals surface area contributed by atoms with Crippen molar-refractivity contribution in [2.24, 2.45) is 0 Å². The monoisotopic (exact) mass is 404 g/mol. The van der Waals surface area contributed by atoms with Gasteiger partial charge in [-0.15, -0.1) is 0 Å². The van der Waals surface area contributed by atoms with Crippen molar-refractivity contribution in [3.63, 3.8) is 0 Å². The highest BCUT2D eigenvalue weighted by atomic mass is 16.7. The van der Waals surface area contributed by atoms with E-state index >= 15 is 0 Å². The van der Waals surface area contributed by atoms with Crippen molar-refractivity contribution in [1.29, 1.82) is 0 Å². The molecule has 1 aromatic carbocycles. The molecule has 4 heterocycles. The van der Waals surface area contributed by atoms with E-state index in [1.807, 2.05) is 0 Å². The molecule has 2 aromatic heterocycles. The van der Waals surface area contributed by atoms with Crippen LogP contribution in [-0.4, -0.2) is 33.5 Å². The summed E-state index contributed by atoms with van der Waals surface area (Å²) in [7, 11) is 0. The zero-order chi connectivity index (χ0) is 20.7. The molecule has 1 unspecified atom stereocenters. The Bertz CT molecular complexity index is 1150. The van der Waals surface area contributed by atoms with Crippen LogP contribution in [0.25, 0.3) is 5.76 Å². The van der Waals surface area contributed by atoms with Gasteiger partial charge in [-0.3, -0.25) is 14.6 Å². The highest BCUT2D eigenvalue weighted by Gasteiger charge is 2.47. The Kier molecular flexibility index (Phi) is 4.24. The molecular weight excluding hydrogens is 388 g/mol. The Balaban J connectivity index is 1.61. The predicted octanol–water partition coefficient (Wildman–Crippen LogP) is 3.03. The fraction of sp³-hybridized carbons (Fsp3) is 0.136. The summed E-state index contributed by atoms with van der Waals surface area (Å²) < 4.78 is 16.2. The van der Waals surface area contributed by atoms with E-state index in [2.05, 4.69) is 4.98 Å². The molecule has 0 aliphatic carbocycles. The van der Waals surface area contributed by atoms with Gasteiger partial charge in [0.2, 0.25) is 6.79 Å². The summed E-state index contributed by atoms with van der Waals surface area (Å²) in [6, 6.07) is 12.6. The summed E-state index contributed by atoms with van der Waals surface area (Å²) in [5, 5.41) is 11.0. The van der Waals surface area contributed by atoms with E-state index in [9.17, 15) is 14.7 Å². The molecule has 1 saturated heterocycles. The molecule has 30 heavy (non-hydrogen) atoms. The molecule has 5 rings (SSSR count). The summed E-state index contributed by atoms with van der Waals surface area (Å²) in [5.41, 5.74) is 0.899. The number of nitrogens with zero attached hydrogens (tertiary/aromatic N) is 2. The Morgan fingerprint density at radius 1 is 1.10 bits per heavy atom. The minimum atomic E-state index is -0.882. The molecule has 1 amide bonds. The minimum Gasteiger partial charge on any atom is -0.507 e. The van der Waals surface area contributed by atoms with Gasteiger partial charge in [0.1, 0.15) is 17.6 Å². The van der Waals surface area contributed by atoms with E-state index in [1.165, 1.54) is 11.2 Å². The summed E-state index contributed by atoms with van der Waals surface area (Å²) in [5.74, 6) is -0.461. The van der Waals surface area contributed by atoms with E-state index in [1.54, 1.807) is 54.7 Å². The maximum atomic E-state index is 12.9. The first-order valence-electron chi connectivity index (χ1n) is 9.25. The molecule has 150 valence electrons. The first-order chi connectivity index (χ1) is 14.6. The number of carbonyl (C=O) groups excluding carboxylic acids is 2. The lowest BCUT2D eigenvalue weighted by atomic mass is 9.99. The lowest BCUT2D eigenvalue weighted by Gasteiger charge is -2.22. The molecule has 0 radical (unpaired) electrons. The van der Waals surface area contributed by atoms with Gasteiger partial charge in [-0.1, -0.05) is 6.07 Å². The van der Waals surface area contributed by atoms with Crippen LogP contribution in [0.15, 0.2) is 71.0 Å². The Morgan fingerprint density at radius 3 is 2.73 bits per heavy atom. The molecule has 8 nitrogen and oxygen atoms in total. The van der Waals surface area contributed by atoms with Crippen LogP contribution in [0.5, 0.6) is 11.5 Å². The molecule has 0 bridgehead atoms. The highest BCUT2D eigenvalue weighted by molar-refractivity contribution is 6.46. The number of rotatable bonds is 4. The van der Waals surface area contributed by atoms with Crippen LogP contribution < -0.4 is 9.47 Å². The number of fused-ring (bicyclic) bond motifs is 1. The van der Waals surface area contributed by atoms with Crippen molar-refractivity contribution < 1.29 is 28.6 Å². The third-order valence-electron chi connectivity index (χ3n) is 5.06. The number of aliphatic hydroxyl groups excluding tert-OH is 1. The van der Waals surface area contributed by atoms with E-state index in [0.29, 0.717) is 28.5 Å². The van der Waals surface area contributed by atoms with Gasteiger partial charge in [-0.25, -0.2) is 0 Å². The van der Waals surface area contributed by atoms with Crippen LogP contribution in [0.4, 0.5) is 0 Å². The van der Waals surface area contributed by atoms with E-state index in [0.717, 1.165) is 0 Å². The van der Waals surface area contributed by atoms with Crippen molar-refractivity contribution in [2.75, 3.05) is 6.79 Å². The minimum absolute atomic E-state index is 0.0512. The topological polar surface area (TPSA) is 102 Å². The third-order valence-corrected chi connectivity index (χ3v) is 5.06. The van der Waals surface area contributed by atoms with Crippen LogP contribution in [-0.2, 0) is 16.1 Å². The van der Waals surface area contributed by atoms with Crippen molar-refractivity contribution in [3.8, 4) is 11.5 Å². The summed E-state index contributed by atoms with van der Waals surface area (Å²) in [6.07, 6.45) is 3.07. The first kappa shape index (κ1) is 18.0. The van der Waals surface area contributed by atoms with E-state index in [-0.39, 0.29) is 24.7 Å². The standard InChI is InChI=1S/C22H16N2O6/c25-20(13-6-7-15-17(10-13)30-12-29-15)18-19(16-5-3-9-28-16)24(22(27)21(18)26)11-14-4-1-2-8-23-14/h1-10,19,25H,11-12H2/b20-18-. The number of aliphatic hydroxyl groups is 1. The normalized spacial score (nSPS) is 19.5. The zero-order valence-corrected chi connectivity index (χ0v) is 15.6. The second-order valence-corrected chi connectivity index (χ2v) is 6.83. The van der Waals surface area contributed by atoms with Gasteiger partial charge in [0, 0.05) is 11.8 Å². The average molecular weight is 404 g/mol. The molecule has 2 aliphatic rings. The zero-order valence-electron chi connectivity index (χ0n) is 15.6. The molecule has 2 aliphatic heterocycles. The number of ether oxygens (including phenoxy) is 2. The molecule has 8 heteroatoms. The van der Waals surface area contributed by atoms with Crippen LogP contribution in [0.2, 0.25) is 0 Å². The second kappa shape index (κ2) is 7.07. The average Bonchev–Trinajstić information content (AvgIpc) is 3.50. The summed E-state index contributed by atoms with van der Waals surface area (Å²) in [4.78, 5) is 31.4. The van der Waals surface area contributed by atoms with Crippen LogP contribution in [0, 0.1) is 0 Å². The maximum Gasteiger partial charge on any atom is 0.296 e. The highest BCUT2D eigenvalue weighted by Crippen LogP contribution is 2.42. The lowest BCUT2D eigenvalue weighted by Crippen LogP contribution is -2.29. The molecular formula is C22H16N2O6. The Labute approximate surface area is 171 Å². The molecule has 0 spiro atoms. The van der Waals surface area contributed by atoms with Crippen molar-refractivity contribution in [1.82, 2.24) is 9.88 Å². The van der Waals surface area contributed by atoms with Crippen molar-refractivity contribution in [3.05, 3.63) is 83.6 Å². The second-order valence-electron chi connectivity index (χ2n) is 6.83. The van der Waals surface area contributed by atoms with Gasteiger partial charge < -0.3 is 23.9 Å². The number of aromatic nitrogens is 1. The van der Waals surface area contributed by atoms with E-state index < -0.39 is 17.7 Å². The fourth-order valence-corrected chi connectivity index (χ4v) is 3.65. The molecule has 1 atom stereocenters. The molecule has 1 N–H and O–H groups in total. The van der Waals surface area contributed by atoms with Crippen LogP contribution >= 0.6 is 0 Å². The van der Waals surface area contributed by atoms with Gasteiger partial charge in [-0.05, 0) is 42.5 Å². The quantitative estimate of drug-likeness (QED) is 0.405. The first-order valence-corrected chi connectivity index (χ1v) is 9.25. The summed E-state index contributed by atoms with van der Waals surface area (Å²) in [6.45, 7) is 0.176. The Morgan fingerprint density at radius 2 is 1.97 bits per heavy atom. The largest absolute Gasteiger partial charge is 0.507 e. The smallest absolute Gasteiger partial charge is 0.296 e. The number of hydrogen-bond donors (Lipinski definition) is 1. The van der Waals surface area contributed by atoms with Gasteiger partial charge in [0.05, 0.1) is 24.1 Å². The molecule has 3 aromatic rings. The van der Waals surface area contributed by atoms with Crippen molar-refractivity contribution >= 4 is 17.4 Å². The SMILES string of the molecule is O=C1C(=O)N(Cc2ccccn2)C(c2ccco2)/C1=C(/O)c1ccc2c(c1)OCO2. The van der Waals surface area contributed by atoms with Gasteiger partial charge in [0.25, 0.3) is 11.7 Å². The number of likely N-dealkylation sites (tertiary alicyclic amines) is 1. The molecule has 0 saturated carbocycles. The van der Waals surface area contributed by atoms with E-state index in [4.69, 9.17) is 13.9 Å². The van der Waals surface area contributed by atoms with Gasteiger partial charge in [-0.2, -0.15) is 0 Å². The number of carbonyl (C=O) groups is 2. The lowest BCUT2D eigenvalue weighted by molar-refractivity contribution is -0.140. The number of Topliss-reactive ketones (excluding diaryl/α,β-unsaturated/α-hetero) is 1. The number of pyridine rings is 1. The number of ketones is 1. The van der Waals surface area contributed by atoms with Crippen LogP contribution in [0.3, 0.4) is 0 Å². The third kappa shape index (κ3) is 2.89. The van der Waals surface area contributed by atoms with Gasteiger partial charge in [0.15, 0.2) is 11.5 Å². The number of amides is 1. The number of benzene rings is 1. The number of furan rings is 1.